The van der Waals surface area contributed by atoms with Crippen LogP contribution in [0.3, 0.4) is 0 Å². The summed E-state index contributed by atoms with van der Waals surface area (Å²) < 4.78 is 18.8. The molecule has 2 aliphatic heterocycles. The number of ether oxygens (including phenoxy) is 1. The van der Waals surface area contributed by atoms with Crippen molar-refractivity contribution in [3.63, 3.8) is 0 Å². The Kier molecular flexibility index (Phi) is 3.24. The van der Waals surface area contributed by atoms with Gasteiger partial charge >= 0.3 is 0 Å². The first-order valence-corrected chi connectivity index (χ1v) is 7.41. The van der Waals surface area contributed by atoms with Crippen LogP contribution in [0.4, 0.5) is 15.8 Å². The van der Waals surface area contributed by atoms with Crippen molar-refractivity contribution in [2.75, 3.05) is 41.9 Å². The zero-order valence-electron chi connectivity index (χ0n) is 10.4. The number of rotatable bonds is 1. The van der Waals surface area contributed by atoms with Crippen LogP contribution >= 0.6 is 11.8 Å². The Morgan fingerprint density at radius 1 is 1.50 bits per heavy atom. The molecule has 1 saturated heterocycles. The van der Waals surface area contributed by atoms with E-state index in [-0.39, 0.29) is 5.82 Å². The molecule has 3 rings (SSSR count). The van der Waals surface area contributed by atoms with Crippen LogP contribution in [-0.2, 0) is 0 Å². The highest BCUT2D eigenvalue weighted by Gasteiger charge is 2.28. The van der Waals surface area contributed by atoms with Crippen LogP contribution in [0.1, 0.15) is 6.42 Å². The van der Waals surface area contributed by atoms with E-state index in [0.29, 0.717) is 11.8 Å². The van der Waals surface area contributed by atoms with Gasteiger partial charge in [-0.1, -0.05) is 0 Å². The van der Waals surface area contributed by atoms with Crippen LogP contribution in [0.15, 0.2) is 12.1 Å². The normalized spacial score (nSPS) is 22.6. The molecule has 1 N–H and O–H groups in total. The number of benzene rings is 1. The van der Waals surface area contributed by atoms with E-state index in [4.69, 9.17) is 4.74 Å². The summed E-state index contributed by atoms with van der Waals surface area (Å²) in [4.78, 5) is 2.40. The molecule has 3 nitrogen and oxygen atoms in total. The third kappa shape index (κ3) is 2.00. The summed E-state index contributed by atoms with van der Waals surface area (Å²) >= 11 is 2.00. The summed E-state index contributed by atoms with van der Waals surface area (Å²) in [6.45, 7) is 1.93. The molecule has 1 aromatic rings. The van der Waals surface area contributed by atoms with Gasteiger partial charge in [-0.3, -0.25) is 0 Å². The lowest BCUT2D eigenvalue weighted by Gasteiger charge is -2.36. The second-order valence-electron chi connectivity index (χ2n) is 4.64. The number of nitrogens with zero attached hydrogens (tertiary/aromatic N) is 1. The summed E-state index contributed by atoms with van der Waals surface area (Å²) in [5.41, 5.74) is 1.97. The summed E-state index contributed by atoms with van der Waals surface area (Å²) in [5.74, 6) is 2.32. The molecule has 2 heterocycles. The Labute approximate surface area is 111 Å². The van der Waals surface area contributed by atoms with E-state index in [9.17, 15) is 4.39 Å². The lowest BCUT2D eigenvalue weighted by atomic mass is 10.1. The molecule has 0 aliphatic carbocycles. The van der Waals surface area contributed by atoms with E-state index in [0.717, 1.165) is 42.4 Å². The van der Waals surface area contributed by atoms with Gasteiger partial charge in [0.2, 0.25) is 0 Å². The maximum Gasteiger partial charge on any atom is 0.167 e. The molecular formula is C13H17FN2OS. The predicted molar refractivity (Wildman–Crippen MR) is 74.5 cm³/mol. The first-order chi connectivity index (χ1) is 8.79. The molecule has 1 fully saturated rings. The SMILES string of the molecule is COc1cc2c(cc1F)NCCC1CSCCN21. The Bertz CT molecular complexity index is 455. The molecule has 5 heteroatoms. The van der Waals surface area contributed by atoms with E-state index in [1.54, 1.807) is 6.07 Å². The third-order valence-electron chi connectivity index (χ3n) is 3.60. The van der Waals surface area contributed by atoms with Gasteiger partial charge in [-0.15, -0.1) is 0 Å². The Morgan fingerprint density at radius 2 is 2.39 bits per heavy atom. The highest BCUT2D eigenvalue weighted by Crippen LogP contribution is 2.38. The van der Waals surface area contributed by atoms with Crippen molar-refractivity contribution >= 4 is 23.1 Å². The highest BCUT2D eigenvalue weighted by molar-refractivity contribution is 7.99. The molecule has 0 radical (unpaired) electrons. The number of thioether (sulfide) groups is 1. The quantitative estimate of drug-likeness (QED) is 0.846. The van der Waals surface area contributed by atoms with Crippen molar-refractivity contribution in [1.82, 2.24) is 0 Å². The second kappa shape index (κ2) is 4.88. The van der Waals surface area contributed by atoms with Crippen LogP contribution in [0.5, 0.6) is 5.75 Å². The molecule has 0 bridgehead atoms. The second-order valence-corrected chi connectivity index (χ2v) is 5.79. The number of fused-ring (bicyclic) bond motifs is 3. The van der Waals surface area contributed by atoms with Crippen LogP contribution in [0.2, 0.25) is 0 Å². The van der Waals surface area contributed by atoms with Crippen molar-refractivity contribution in [1.29, 1.82) is 0 Å². The largest absolute Gasteiger partial charge is 0.494 e. The maximum absolute atomic E-state index is 13.7. The topological polar surface area (TPSA) is 24.5 Å². The molecule has 0 saturated carbocycles. The smallest absolute Gasteiger partial charge is 0.167 e. The molecule has 2 aliphatic rings. The minimum absolute atomic E-state index is 0.298. The highest BCUT2D eigenvalue weighted by atomic mass is 32.2. The number of halogens is 1. The molecule has 1 atom stereocenters. The fourth-order valence-electron chi connectivity index (χ4n) is 2.66. The van der Waals surface area contributed by atoms with Gasteiger partial charge < -0.3 is 15.0 Å². The van der Waals surface area contributed by atoms with Crippen molar-refractivity contribution in [3.8, 4) is 5.75 Å². The van der Waals surface area contributed by atoms with E-state index in [1.165, 1.54) is 7.11 Å². The van der Waals surface area contributed by atoms with Crippen molar-refractivity contribution in [2.24, 2.45) is 0 Å². The monoisotopic (exact) mass is 268 g/mol. The van der Waals surface area contributed by atoms with E-state index < -0.39 is 0 Å². The van der Waals surface area contributed by atoms with Crippen molar-refractivity contribution in [3.05, 3.63) is 17.9 Å². The number of nitrogens with one attached hydrogen (secondary N) is 1. The molecule has 98 valence electrons. The first-order valence-electron chi connectivity index (χ1n) is 6.25. The summed E-state index contributed by atoms with van der Waals surface area (Å²) in [7, 11) is 1.51. The molecule has 1 unspecified atom stereocenters. The van der Waals surface area contributed by atoms with Crippen molar-refractivity contribution < 1.29 is 9.13 Å². The van der Waals surface area contributed by atoms with Gasteiger partial charge in [0.05, 0.1) is 18.5 Å². The van der Waals surface area contributed by atoms with Gasteiger partial charge in [-0.25, -0.2) is 4.39 Å². The Balaban J connectivity index is 2.04. The lowest BCUT2D eigenvalue weighted by molar-refractivity contribution is 0.386. The molecule has 18 heavy (non-hydrogen) atoms. The lowest BCUT2D eigenvalue weighted by Crippen LogP contribution is -2.42. The molecule has 1 aromatic carbocycles. The zero-order chi connectivity index (χ0) is 12.5. The summed E-state index contributed by atoms with van der Waals surface area (Å²) in [6.07, 6.45) is 1.10. The van der Waals surface area contributed by atoms with Gasteiger partial charge in [0.25, 0.3) is 0 Å². The van der Waals surface area contributed by atoms with Gasteiger partial charge in [0, 0.05) is 42.8 Å². The zero-order valence-corrected chi connectivity index (χ0v) is 11.2. The number of hydrogen-bond acceptors (Lipinski definition) is 4. The van der Waals surface area contributed by atoms with Gasteiger partial charge in [0.15, 0.2) is 11.6 Å². The molecular weight excluding hydrogens is 251 g/mol. The Morgan fingerprint density at radius 3 is 3.22 bits per heavy atom. The fraction of sp³-hybridized carbons (Fsp3) is 0.538. The van der Waals surface area contributed by atoms with Gasteiger partial charge in [0.1, 0.15) is 0 Å². The maximum atomic E-state index is 13.7. The van der Waals surface area contributed by atoms with Crippen LogP contribution in [0.25, 0.3) is 0 Å². The summed E-state index contributed by atoms with van der Waals surface area (Å²) in [5, 5.41) is 3.33. The predicted octanol–water partition coefficient (Wildman–Crippen LogP) is 2.57. The third-order valence-corrected chi connectivity index (χ3v) is 4.69. The standard InChI is InChI=1S/C13H17FN2OS/c1-17-13-7-12-11(6-10(13)14)15-3-2-9-8-18-5-4-16(9)12/h6-7,9,15H,2-5,8H2,1H3. The van der Waals surface area contributed by atoms with Crippen LogP contribution < -0.4 is 15.0 Å². The van der Waals surface area contributed by atoms with Gasteiger partial charge in [-0.05, 0) is 6.42 Å². The van der Waals surface area contributed by atoms with E-state index >= 15 is 0 Å². The average Bonchev–Trinajstić information content (AvgIpc) is 2.56. The minimum atomic E-state index is -0.298. The number of hydrogen-bond donors (Lipinski definition) is 1. The van der Waals surface area contributed by atoms with Crippen LogP contribution in [0, 0.1) is 5.82 Å². The number of methoxy groups -OCH3 is 1. The van der Waals surface area contributed by atoms with Crippen molar-refractivity contribution in [2.45, 2.75) is 12.5 Å². The van der Waals surface area contributed by atoms with Gasteiger partial charge in [-0.2, -0.15) is 11.8 Å². The van der Waals surface area contributed by atoms with E-state index in [2.05, 4.69) is 10.2 Å². The molecule has 0 spiro atoms. The molecule has 0 amide bonds. The Hall–Kier alpha value is -1.10. The average molecular weight is 268 g/mol. The minimum Gasteiger partial charge on any atom is -0.494 e. The van der Waals surface area contributed by atoms with Crippen LogP contribution in [-0.4, -0.2) is 37.7 Å². The first kappa shape index (κ1) is 12.0. The van der Waals surface area contributed by atoms with E-state index in [1.807, 2.05) is 17.8 Å². The molecule has 0 aromatic heterocycles. The fourth-order valence-corrected chi connectivity index (χ4v) is 3.77. The number of anilines is 2. The summed E-state index contributed by atoms with van der Waals surface area (Å²) in [6, 6.07) is 3.93.